The van der Waals surface area contributed by atoms with Gasteiger partial charge >= 0.3 is 0 Å². The van der Waals surface area contributed by atoms with Crippen molar-refractivity contribution in [2.24, 2.45) is 0 Å². The highest BCUT2D eigenvalue weighted by atomic mass is 35.5. The van der Waals surface area contributed by atoms with Gasteiger partial charge in [-0.3, -0.25) is 0 Å². The maximum absolute atomic E-state index is 13.3. The number of halogens is 2. The lowest BCUT2D eigenvalue weighted by atomic mass is 10.2. The Morgan fingerprint density at radius 3 is 2.35 bits per heavy atom. The normalized spacial score (nSPS) is 9.71. The van der Waals surface area contributed by atoms with E-state index in [0.29, 0.717) is 11.3 Å². The molecular formula is C13H12ClFNS-. The van der Waals surface area contributed by atoms with E-state index in [1.54, 1.807) is 23.9 Å². The van der Waals surface area contributed by atoms with Crippen LogP contribution in [0.5, 0.6) is 0 Å². The summed E-state index contributed by atoms with van der Waals surface area (Å²) < 4.78 is 13.3. The van der Waals surface area contributed by atoms with Gasteiger partial charge in [0.25, 0.3) is 0 Å². The van der Waals surface area contributed by atoms with Crippen LogP contribution in [0.15, 0.2) is 53.4 Å². The Balaban J connectivity index is 0.00000144. The summed E-state index contributed by atoms with van der Waals surface area (Å²) in [7, 11) is 0. The molecule has 0 aromatic heterocycles. The van der Waals surface area contributed by atoms with Crippen molar-refractivity contribution in [1.29, 1.82) is 0 Å². The van der Waals surface area contributed by atoms with Gasteiger partial charge in [-0.05, 0) is 23.8 Å². The van der Waals surface area contributed by atoms with E-state index in [1.807, 2.05) is 30.3 Å². The van der Waals surface area contributed by atoms with E-state index in [1.165, 1.54) is 6.07 Å². The standard InChI is InChI=1S/C13H12FNS.ClH/c14-11-6-2-1-5-10(11)9-16-13-8-4-3-7-12(13)15;/h1-8H,9,15H2;1H/p-1. The Kier molecular flexibility index (Phi) is 5.32. The van der Waals surface area contributed by atoms with Crippen LogP contribution in [-0.2, 0) is 5.75 Å². The molecule has 0 heterocycles. The first-order valence-corrected chi connectivity index (χ1v) is 5.96. The third-order valence-corrected chi connectivity index (χ3v) is 3.40. The van der Waals surface area contributed by atoms with Crippen LogP contribution in [0.1, 0.15) is 5.56 Å². The molecule has 0 aliphatic heterocycles. The summed E-state index contributed by atoms with van der Waals surface area (Å²) in [5, 5.41) is 0. The zero-order chi connectivity index (χ0) is 11.4. The summed E-state index contributed by atoms with van der Waals surface area (Å²) in [6.07, 6.45) is 0. The van der Waals surface area contributed by atoms with Crippen LogP contribution in [0.25, 0.3) is 0 Å². The van der Waals surface area contributed by atoms with E-state index in [0.717, 1.165) is 10.6 Å². The van der Waals surface area contributed by atoms with Gasteiger partial charge in [-0.1, -0.05) is 30.3 Å². The van der Waals surface area contributed by atoms with E-state index >= 15 is 0 Å². The Labute approximate surface area is 111 Å². The minimum Gasteiger partial charge on any atom is -1.00 e. The van der Waals surface area contributed by atoms with Gasteiger partial charge in [0.05, 0.1) is 0 Å². The quantitative estimate of drug-likeness (QED) is 0.655. The molecule has 2 N–H and O–H groups in total. The number of hydrogen-bond donors (Lipinski definition) is 1. The molecule has 0 saturated heterocycles. The molecule has 0 aliphatic carbocycles. The number of rotatable bonds is 3. The average Bonchev–Trinajstić information content (AvgIpc) is 2.30. The Morgan fingerprint density at radius 1 is 1.00 bits per heavy atom. The minimum atomic E-state index is -0.162. The van der Waals surface area contributed by atoms with Gasteiger partial charge in [0, 0.05) is 16.3 Å². The van der Waals surface area contributed by atoms with Gasteiger partial charge in [-0.15, -0.1) is 11.8 Å². The summed E-state index contributed by atoms with van der Waals surface area (Å²) in [4.78, 5) is 0.991. The smallest absolute Gasteiger partial charge is 0.127 e. The van der Waals surface area contributed by atoms with Gasteiger partial charge in [-0.2, -0.15) is 0 Å². The van der Waals surface area contributed by atoms with Crippen LogP contribution in [0.3, 0.4) is 0 Å². The van der Waals surface area contributed by atoms with E-state index in [-0.39, 0.29) is 18.2 Å². The molecule has 0 saturated carbocycles. The molecule has 0 aliphatic rings. The first-order valence-electron chi connectivity index (χ1n) is 4.98. The zero-order valence-electron chi connectivity index (χ0n) is 9.07. The predicted octanol–water partition coefficient (Wildman–Crippen LogP) is 0.704. The topological polar surface area (TPSA) is 26.0 Å². The van der Waals surface area contributed by atoms with Crippen molar-refractivity contribution in [2.45, 2.75) is 10.6 Å². The number of para-hydroxylation sites is 1. The molecule has 0 unspecified atom stereocenters. The highest BCUT2D eigenvalue weighted by Crippen LogP contribution is 2.28. The highest BCUT2D eigenvalue weighted by Gasteiger charge is 2.03. The van der Waals surface area contributed by atoms with Gasteiger partial charge in [0.15, 0.2) is 0 Å². The monoisotopic (exact) mass is 268 g/mol. The third-order valence-electron chi connectivity index (χ3n) is 2.26. The highest BCUT2D eigenvalue weighted by molar-refractivity contribution is 7.98. The van der Waals surface area contributed by atoms with Gasteiger partial charge in [0.1, 0.15) is 5.82 Å². The van der Waals surface area contributed by atoms with E-state index < -0.39 is 0 Å². The van der Waals surface area contributed by atoms with Crippen molar-refractivity contribution in [1.82, 2.24) is 0 Å². The largest absolute Gasteiger partial charge is 1.00 e. The number of thioether (sulfide) groups is 1. The molecule has 4 heteroatoms. The van der Waals surface area contributed by atoms with Crippen LogP contribution in [0, 0.1) is 5.82 Å². The second kappa shape index (κ2) is 6.52. The SMILES string of the molecule is Nc1ccccc1SCc1ccccc1F.[Cl-]. The molecule has 1 nitrogen and oxygen atoms in total. The Bertz CT molecular complexity index is 445. The first kappa shape index (κ1) is 13.9. The van der Waals surface area contributed by atoms with Crippen molar-refractivity contribution in [3.8, 4) is 0 Å². The summed E-state index contributed by atoms with van der Waals surface area (Å²) in [6.45, 7) is 0. The first-order chi connectivity index (χ1) is 7.77. The minimum absolute atomic E-state index is 0. The fourth-order valence-electron chi connectivity index (χ4n) is 1.38. The van der Waals surface area contributed by atoms with Crippen molar-refractivity contribution < 1.29 is 16.8 Å². The molecule has 2 aromatic rings. The molecule has 0 amide bonds. The van der Waals surface area contributed by atoms with Gasteiger partial charge in [-0.25, -0.2) is 4.39 Å². The van der Waals surface area contributed by atoms with E-state index in [9.17, 15) is 4.39 Å². The number of benzene rings is 2. The second-order valence-corrected chi connectivity index (χ2v) is 4.44. The Hall–Kier alpha value is -1.19. The van der Waals surface area contributed by atoms with Crippen molar-refractivity contribution in [3.63, 3.8) is 0 Å². The van der Waals surface area contributed by atoms with Gasteiger partial charge < -0.3 is 18.1 Å². The maximum Gasteiger partial charge on any atom is 0.127 e. The number of nitrogens with two attached hydrogens (primary N) is 1. The molecule has 0 fully saturated rings. The van der Waals surface area contributed by atoms with Crippen LogP contribution < -0.4 is 18.1 Å². The van der Waals surface area contributed by atoms with Gasteiger partial charge in [0.2, 0.25) is 0 Å². The molecule has 90 valence electrons. The van der Waals surface area contributed by atoms with E-state index in [4.69, 9.17) is 5.73 Å². The number of anilines is 1. The van der Waals surface area contributed by atoms with Crippen molar-refractivity contribution in [2.75, 3.05) is 5.73 Å². The molecule has 17 heavy (non-hydrogen) atoms. The van der Waals surface area contributed by atoms with Crippen molar-refractivity contribution in [3.05, 3.63) is 59.9 Å². The number of nitrogen functional groups attached to an aromatic ring is 1. The average molecular weight is 269 g/mol. The Morgan fingerprint density at radius 2 is 1.65 bits per heavy atom. The third kappa shape index (κ3) is 3.65. The molecule has 2 aromatic carbocycles. The second-order valence-electron chi connectivity index (χ2n) is 3.42. The zero-order valence-corrected chi connectivity index (χ0v) is 10.6. The van der Waals surface area contributed by atoms with Crippen molar-refractivity contribution >= 4 is 17.4 Å². The molecule has 0 spiro atoms. The fourth-order valence-corrected chi connectivity index (χ4v) is 2.34. The molecule has 2 rings (SSSR count). The lowest BCUT2D eigenvalue weighted by molar-refractivity contribution is -0.00000378. The lowest BCUT2D eigenvalue weighted by Gasteiger charge is -2.05. The molecular weight excluding hydrogens is 257 g/mol. The predicted molar refractivity (Wildman–Crippen MR) is 66.8 cm³/mol. The summed E-state index contributed by atoms with van der Waals surface area (Å²) in [6, 6.07) is 14.4. The van der Waals surface area contributed by atoms with E-state index in [2.05, 4.69) is 0 Å². The van der Waals surface area contributed by atoms with Crippen LogP contribution in [0.4, 0.5) is 10.1 Å². The lowest BCUT2D eigenvalue weighted by Crippen LogP contribution is -3.00. The summed E-state index contributed by atoms with van der Waals surface area (Å²) in [5.41, 5.74) is 7.25. The summed E-state index contributed by atoms with van der Waals surface area (Å²) >= 11 is 1.55. The fraction of sp³-hybridized carbons (Fsp3) is 0.0769. The van der Waals surface area contributed by atoms with Crippen LogP contribution in [-0.4, -0.2) is 0 Å². The van der Waals surface area contributed by atoms with Crippen LogP contribution in [0.2, 0.25) is 0 Å². The molecule has 0 bridgehead atoms. The summed E-state index contributed by atoms with van der Waals surface area (Å²) in [5.74, 6) is 0.436. The molecule has 0 radical (unpaired) electrons. The number of hydrogen-bond acceptors (Lipinski definition) is 2. The van der Waals surface area contributed by atoms with Crippen LogP contribution >= 0.6 is 11.8 Å². The molecule has 0 atom stereocenters. The maximum atomic E-state index is 13.3.